The van der Waals surface area contributed by atoms with Crippen LogP contribution in [-0.4, -0.2) is 5.66 Å². The van der Waals surface area contributed by atoms with Crippen molar-refractivity contribution in [1.82, 2.24) is 0 Å². The highest BCUT2D eigenvalue weighted by Gasteiger charge is 2.50. The highest BCUT2D eigenvalue weighted by Crippen LogP contribution is 2.32. The fourth-order valence-corrected chi connectivity index (χ4v) is 0.257. The molecule has 0 aliphatic heterocycles. The first kappa shape index (κ1) is 3.63. The molecule has 2 heteroatoms. The van der Waals surface area contributed by atoms with E-state index < -0.39 is 0 Å². The summed E-state index contributed by atoms with van der Waals surface area (Å²) in [6.07, 6.45) is 1.92. The molecule has 0 aromatic rings. The molecular formula is C4H7N2+. The van der Waals surface area contributed by atoms with Crippen molar-refractivity contribution in [2.24, 2.45) is 5.73 Å². The molecule has 6 heavy (non-hydrogen) atoms. The molecule has 0 spiro atoms. The quantitative estimate of drug-likeness (QED) is 0.451. The second-order valence-corrected chi connectivity index (χ2v) is 1.73. The third-order valence-electron chi connectivity index (χ3n) is 1.02. The summed E-state index contributed by atoms with van der Waals surface area (Å²) in [7, 11) is 0. The van der Waals surface area contributed by atoms with Crippen molar-refractivity contribution in [1.29, 1.82) is 0 Å². The molecular weight excluding hydrogens is 76.1 g/mol. The Morgan fingerprint density at radius 1 is 1.67 bits per heavy atom. The summed E-state index contributed by atoms with van der Waals surface area (Å²) in [5.74, 6) is 0. The molecule has 0 saturated heterocycles. The minimum atomic E-state index is -0.306. The number of nitrogens with zero attached hydrogens (tertiary/aromatic N) is 1. The van der Waals surface area contributed by atoms with E-state index in [0.29, 0.717) is 0 Å². The molecule has 0 radical (unpaired) electrons. The molecule has 0 unspecified atom stereocenters. The largest absolute Gasteiger partial charge is 0.333 e. The molecule has 2 nitrogen and oxygen atoms in total. The molecule has 2 N–H and O–H groups in total. The van der Waals surface area contributed by atoms with Gasteiger partial charge in [-0.15, -0.1) is 0 Å². The van der Waals surface area contributed by atoms with Crippen LogP contribution in [0.25, 0.3) is 4.85 Å². The molecule has 0 heterocycles. The van der Waals surface area contributed by atoms with Gasteiger partial charge in [0.25, 0.3) is 6.57 Å². The lowest BCUT2D eigenvalue weighted by Gasteiger charge is -1.73. The van der Waals surface area contributed by atoms with Crippen LogP contribution in [0.5, 0.6) is 0 Å². The fraction of sp³-hybridized carbons (Fsp3) is 0.750. The summed E-state index contributed by atoms with van der Waals surface area (Å²) in [6.45, 7) is 4.87. The Morgan fingerprint density at radius 3 is 2.17 bits per heavy atom. The maximum atomic E-state index is 5.35. The lowest BCUT2D eigenvalue weighted by Crippen LogP contribution is -2.14. The smallest absolute Gasteiger partial charge is 0.255 e. The van der Waals surface area contributed by atoms with Crippen LogP contribution in [0, 0.1) is 6.57 Å². The van der Waals surface area contributed by atoms with Crippen molar-refractivity contribution in [2.75, 3.05) is 0 Å². The minimum absolute atomic E-state index is 0.306. The van der Waals surface area contributed by atoms with Crippen molar-refractivity contribution in [2.45, 2.75) is 18.5 Å². The molecule has 1 aliphatic rings. The van der Waals surface area contributed by atoms with Crippen LogP contribution in [0.2, 0.25) is 0 Å². The maximum Gasteiger partial charge on any atom is 0.333 e. The van der Waals surface area contributed by atoms with E-state index in [1.165, 1.54) is 0 Å². The second kappa shape index (κ2) is 0.742. The highest BCUT2D eigenvalue weighted by molar-refractivity contribution is 5.07. The summed E-state index contributed by atoms with van der Waals surface area (Å²) in [6, 6.07) is 0. The molecule has 32 valence electrons. The summed E-state index contributed by atoms with van der Waals surface area (Å²) >= 11 is 0. The van der Waals surface area contributed by atoms with Crippen LogP contribution in [-0.2, 0) is 0 Å². The predicted molar refractivity (Wildman–Crippen MR) is 24.5 cm³/mol. The average Bonchev–Trinajstić information content (AvgIpc) is 2.22. The third kappa shape index (κ3) is 0.373. The first-order chi connectivity index (χ1) is 2.77. The van der Waals surface area contributed by atoms with Crippen LogP contribution in [0.15, 0.2) is 0 Å². The summed E-state index contributed by atoms with van der Waals surface area (Å²) in [5.41, 5.74) is 5.05. The Morgan fingerprint density at radius 2 is 2.17 bits per heavy atom. The summed E-state index contributed by atoms with van der Waals surface area (Å²) in [4.78, 5) is 3.41. The lowest BCUT2D eigenvalue weighted by molar-refractivity contribution is 0.852. The zero-order chi connectivity index (χ0) is 4.62. The van der Waals surface area contributed by atoms with E-state index in [2.05, 4.69) is 4.85 Å². The van der Waals surface area contributed by atoms with Crippen molar-refractivity contribution in [3.05, 3.63) is 4.85 Å². The van der Waals surface area contributed by atoms with Gasteiger partial charge in [0.05, 0.1) is 12.8 Å². The van der Waals surface area contributed by atoms with Crippen LogP contribution in [0.4, 0.5) is 0 Å². The number of nitrogens with two attached hydrogens (primary N) is 1. The van der Waals surface area contributed by atoms with E-state index in [0.717, 1.165) is 12.8 Å². The van der Waals surface area contributed by atoms with Crippen molar-refractivity contribution in [3.8, 4) is 6.57 Å². The zero-order valence-corrected chi connectivity index (χ0v) is 3.52. The molecule has 0 atom stereocenters. The summed E-state index contributed by atoms with van der Waals surface area (Å²) in [5, 5.41) is 0. The molecule has 1 saturated carbocycles. The van der Waals surface area contributed by atoms with Crippen molar-refractivity contribution >= 4 is 0 Å². The van der Waals surface area contributed by atoms with Gasteiger partial charge in [0.2, 0.25) is 0 Å². The van der Waals surface area contributed by atoms with E-state index in [9.17, 15) is 0 Å². The SMILES string of the molecule is C#[N+]C1(N)CC1. The van der Waals surface area contributed by atoms with E-state index in [1.807, 2.05) is 0 Å². The average molecular weight is 83.1 g/mol. The fourth-order valence-electron chi connectivity index (χ4n) is 0.257. The van der Waals surface area contributed by atoms with Gasteiger partial charge in [-0.3, -0.25) is 5.73 Å². The standard InChI is InChI=1S/C4H7N2/c1-6-4(5)2-3-4/h1H,2-3,5H2/q+1. The molecule has 0 amide bonds. The van der Waals surface area contributed by atoms with E-state index >= 15 is 0 Å². The molecule has 0 aromatic carbocycles. The zero-order valence-electron chi connectivity index (χ0n) is 3.52. The predicted octanol–water partition coefficient (Wildman–Crippen LogP) is 0.398. The Kier molecular flexibility index (Phi) is 0.449. The monoisotopic (exact) mass is 83.1 g/mol. The van der Waals surface area contributed by atoms with E-state index in [1.54, 1.807) is 0 Å². The van der Waals surface area contributed by atoms with Crippen LogP contribution in [0.3, 0.4) is 0 Å². The maximum absolute atomic E-state index is 5.35. The Bertz CT molecular complexity index is 96.6. The normalized spacial score (nSPS) is 25.3. The van der Waals surface area contributed by atoms with Gasteiger partial charge in [0.15, 0.2) is 0 Å². The van der Waals surface area contributed by atoms with Gasteiger partial charge in [-0.25, -0.2) is 0 Å². The first-order valence-corrected chi connectivity index (χ1v) is 1.98. The second-order valence-electron chi connectivity index (χ2n) is 1.73. The Labute approximate surface area is 36.8 Å². The minimum Gasteiger partial charge on any atom is -0.255 e. The molecule has 1 fully saturated rings. The molecule has 0 aromatic heterocycles. The molecule has 1 aliphatic carbocycles. The number of hydrogen-bond donors (Lipinski definition) is 1. The Hall–Kier alpha value is -0.550. The van der Waals surface area contributed by atoms with Crippen LogP contribution < -0.4 is 5.73 Å². The van der Waals surface area contributed by atoms with Gasteiger partial charge in [-0.05, 0) is 0 Å². The number of rotatable bonds is 0. The van der Waals surface area contributed by atoms with Gasteiger partial charge >= 0.3 is 5.66 Å². The Balaban J connectivity index is 2.54. The van der Waals surface area contributed by atoms with Crippen LogP contribution >= 0.6 is 0 Å². The number of hydrogen-bond acceptors (Lipinski definition) is 1. The summed E-state index contributed by atoms with van der Waals surface area (Å²) < 4.78 is 0. The van der Waals surface area contributed by atoms with Gasteiger partial charge < -0.3 is 0 Å². The molecule has 0 bridgehead atoms. The third-order valence-corrected chi connectivity index (χ3v) is 1.02. The van der Waals surface area contributed by atoms with E-state index in [4.69, 9.17) is 12.3 Å². The van der Waals surface area contributed by atoms with E-state index in [-0.39, 0.29) is 5.66 Å². The van der Waals surface area contributed by atoms with Gasteiger partial charge in [-0.2, -0.15) is 0 Å². The van der Waals surface area contributed by atoms with Gasteiger partial charge in [0, 0.05) is 0 Å². The lowest BCUT2D eigenvalue weighted by atomic mass is 10.6. The van der Waals surface area contributed by atoms with Crippen LogP contribution in [0.1, 0.15) is 12.8 Å². The topological polar surface area (TPSA) is 30.4 Å². The highest BCUT2D eigenvalue weighted by atomic mass is 15.0. The van der Waals surface area contributed by atoms with Crippen molar-refractivity contribution < 1.29 is 0 Å². The van der Waals surface area contributed by atoms with Gasteiger partial charge in [-0.1, -0.05) is 4.85 Å². The van der Waals surface area contributed by atoms with Gasteiger partial charge in [0.1, 0.15) is 0 Å². The molecule has 1 rings (SSSR count). The van der Waals surface area contributed by atoms with Crippen molar-refractivity contribution in [3.63, 3.8) is 0 Å². The first-order valence-electron chi connectivity index (χ1n) is 1.98.